The quantitative estimate of drug-likeness (QED) is 0.372. The number of carboxylic acids is 2. The van der Waals surface area contributed by atoms with Gasteiger partial charge in [0.2, 0.25) is 0 Å². The Bertz CT molecular complexity index is 229. The van der Waals surface area contributed by atoms with Gasteiger partial charge >= 0.3 is 0 Å². The van der Waals surface area contributed by atoms with Gasteiger partial charge < -0.3 is 19.8 Å². The molecule has 4 nitrogen and oxygen atoms in total. The van der Waals surface area contributed by atoms with E-state index in [1.807, 2.05) is 0 Å². The van der Waals surface area contributed by atoms with Gasteiger partial charge in [0.15, 0.2) is 0 Å². The van der Waals surface area contributed by atoms with Crippen LogP contribution in [0.5, 0.6) is 0 Å². The second-order valence-corrected chi connectivity index (χ2v) is 1.89. The van der Waals surface area contributed by atoms with E-state index in [1.54, 1.807) is 0 Å². The van der Waals surface area contributed by atoms with Crippen molar-refractivity contribution in [3.8, 4) is 0 Å². The molecule has 0 amide bonds. The number of carbonyl (C=O) groups is 2. The molecule has 0 aliphatic carbocycles. The lowest BCUT2D eigenvalue weighted by atomic mass is 10.4. The van der Waals surface area contributed by atoms with Gasteiger partial charge in [-0.15, -0.1) is 0 Å². The van der Waals surface area contributed by atoms with Crippen molar-refractivity contribution in [3.63, 3.8) is 0 Å². The number of rotatable bonds is 3. The van der Waals surface area contributed by atoms with Crippen molar-refractivity contribution in [3.05, 3.63) is 23.3 Å². The zero-order valence-electron chi connectivity index (χ0n) is 5.24. The summed E-state index contributed by atoms with van der Waals surface area (Å²) < 4.78 is 0. The highest BCUT2D eigenvalue weighted by Gasteiger charge is 1.86. The van der Waals surface area contributed by atoms with E-state index < -0.39 is 17.0 Å². The minimum atomic E-state index is -1.56. The van der Waals surface area contributed by atoms with Crippen LogP contribution in [0.1, 0.15) is 0 Å². The molecule has 11 heavy (non-hydrogen) atoms. The summed E-state index contributed by atoms with van der Waals surface area (Å²) in [6.07, 6.45) is 2.46. The molecule has 0 saturated heterocycles. The monoisotopic (exact) mass is 174 g/mol. The lowest BCUT2D eigenvalue weighted by Gasteiger charge is -1.95. The van der Waals surface area contributed by atoms with Crippen molar-refractivity contribution < 1.29 is 19.8 Å². The second-order valence-electron chi connectivity index (χ2n) is 1.48. The van der Waals surface area contributed by atoms with Crippen LogP contribution >= 0.6 is 11.6 Å². The van der Waals surface area contributed by atoms with Crippen LogP contribution in [0.15, 0.2) is 23.3 Å². The van der Waals surface area contributed by atoms with E-state index in [2.05, 4.69) is 0 Å². The lowest BCUT2D eigenvalue weighted by Crippen LogP contribution is -2.22. The molecular weight excluding hydrogens is 172 g/mol. The number of hydrogen-bond donors (Lipinski definition) is 0. The summed E-state index contributed by atoms with van der Waals surface area (Å²) in [5, 5.41) is 19.0. The predicted octanol–water partition coefficient (Wildman–Crippen LogP) is -1.83. The first-order chi connectivity index (χ1) is 5.04. The zero-order valence-corrected chi connectivity index (χ0v) is 6.00. The van der Waals surface area contributed by atoms with Crippen LogP contribution < -0.4 is 10.2 Å². The highest BCUT2D eigenvalue weighted by Crippen LogP contribution is 1.98. The van der Waals surface area contributed by atoms with Crippen molar-refractivity contribution in [2.24, 2.45) is 0 Å². The molecule has 0 aromatic rings. The minimum absolute atomic E-state index is 0.567. The maximum Gasteiger partial charge on any atom is 0.0829 e. The fraction of sp³-hybridized carbons (Fsp3) is 0. The molecule has 5 heteroatoms. The molecule has 0 spiro atoms. The molecule has 0 radical (unpaired) electrons. The van der Waals surface area contributed by atoms with E-state index in [0.29, 0.717) is 6.08 Å². The van der Waals surface area contributed by atoms with Crippen LogP contribution in [0.2, 0.25) is 0 Å². The van der Waals surface area contributed by atoms with Crippen molar-refractivity contribution >= 4 is 23.5 Å². The molecule has 0 aliphatic rings. The number of aliphatic carboxylic acids is 2. The molecule has 0 saturated carbocycles. The maximum absolute atomic E-state index is 9.87. The van der Waals surface area contributed by atoms with Crippen LogP contribution in [0, 0.1) is 0 Å². The van der Waals surface area contributed by atoms with Gasteiger partial charge in [-0.05, 0) is 12.2 Å². The molecule has 0 N–H and O–H groups in total. The Balaban J connectivity index is 4.13. The molecule has 60 valence electrons. The first-order valence-corrected chi connectivity index (χ1v) is 2.88. The largest absolute Gasteiger partial charge is 0.545 e. The van der Waals surface area contributed by atoms with Gasteiger partial charge in [-0.1, -0.05) is 17.7 Å². The van der Waals surface area contributed by atoms with E-state index in [0.717, 1.165) is 12.2 Å². The van der Waals surface area contributed by atoms with Gasteiger partial charge in [-0.2, -0.15) is 0 Å². The fourth-order valence-corrected chi connectivity index (χ4v) is 0.352. The number of carboxylic acid groups (broad SMARTS) is 2. The topological polar surface area (TPSA) is 80.3 Å². The highest BCUT2D eigenvalue weighted by atomic mass is 35.5. The first kappa shape index (κ1) is 9.71. The summed E-state index contributed by atoms with van der Waals surface area (Å²) in [4.78, 5) is 19.6. The molecule has 0 unspecified atom stereocenters. The Hall–Kier alpha value is -1.29. The number of halogens is 1. The molecule has 0 aromatic carbocycles. The van der Waals surface area contributed by atoms with Gasteiger partial charge in [0, 0.05) is 0 Å². The van der Waals surface area contributed by atoms with Crippen LogP contribution in [-0.2, 0) is 9.59 Å². The van der Waals surface area contributed by atoms with E-state index in [9.17, 15) is 19.8 Å². The molecule has 0 heterocycles. The van der Waals surface area contributed by atoms with Crippen molar-refractivity contribution in [1.82, 2.24) is 0 Å². The third kappa shape index (κ3) is 5.17. The molecule has 0 aliphatic heterocycles. The summed E-state index contributed by atoms with van der Waals surface area (Å²) in [5.41, 5.74) is 0. The SMILES string of the molecule is O=C([O-])/C=C\C=C(\Cl)C(=O)[O-]. The molecule has 0 bridgehead atoms. The van der Waals surface area contributed by atoms with Crippen LogP contribution in [-0.4, -0.2) is 11.9 Å². The van der Waals surface area contributed by atoms with E-state index in [-0.39, 0.29) is 0 Å². The van der Waals surface area contributed by atoms with Gasteiger partial charge in [0.25, 0.3) is 0 Å². The maximum atomic E-state index is 9.87. The Labute approximate surface area is 67.4 Å². The van der Waals surface area contributed by atoms with Crippen LogP contribution in [0.25, 0.3) is 0 Å². The smallest absolute Gasteiger partial charge is 0.0829 e. The Kier molecular flexibility index (Phi) is 3.98. The summed E-state index contributed by atoms with van der Waals surface area (Å²) in [7, 11) is 0. The van der Waals surface area contributed by atoms with Crippen LogP contribution in [0.4, 0.5) is 0 Å². The number of allylic oxidation sites excluding steroid dienone is 2. The molecule has 0 fully saturated rings. The van der Waals surface area contributed by atoms with Crippen molar-refractivity contribution in [1.29, 1.82) is 0 Å². The minimum Gasteiger partial charge on any atom is -0.545 e. The van der Waals surface area contributed by atoms with E-state index in [4.69, 9.17) is 11.6 Å². The highest BCUT2D eigenvalue weighted by molar-refractivity contribution is 6.40. The third-order valence-electron chi connectivity index (χ3n) is 0.670. The molecular formula is C6H3ClO4-2. The second kappa shape index (κ2) is 4.51. The van der Waals surface area contributed by atoms with Gasteiger partial charge in [-0.3, -0.25) is 0 Å². The Morgan fingerprint density at radius 2 is 1.82 bits per heavy atom. The molecule has 0 aromatic heterocycles. The standard InChI is InChI=1S/C6H5ClO4/c7-4(6(10)11)2-1-3-5(8)9/h1-3H,(H,8,9)(H,10,11)/p-2/b3-1-,4-2+. The van der Waals surface area contributed by atoms with Crippen LogP contribution in [0.3, 0.4) is 0 Å². The Morgan fingerprint density at radius 1 is 1.27 bits per heavy atom. The van der Waals surface area contributed by atoms with Gasteiger partial charge in [0.05, 0.1) is 17.0 Å². The summed E-state index contributed by atoms with van der Waals surface area (Å²) in [6.45, 7) is 0. The Morgan fingerprint density at radius 3 is 2.18 bits per heavy atom. The number of hydrogen-bond acceptors (Lipinski definition) is 4. The summed E-state index contributed by atoms with van der Waals surface area (Å²) in [5.74, 6) is -2.99. The van der Waals surface area contributed by atoms with Crippen molar-refractivity contribution in [2.45, 2.75) is 0 Å². The third-order valence-corrected chi connectivity index (χ3v) is 0.950. The molecule has 0 atom stereocenters. The lowest BCUT2D eigenvalue weighted by molar-refractivity contribution is -0.299. The number of carbonyl (C=O) groups excluding carboxylic acids is 2. The van der Waals surface area contributed by atoms with Gasteiger partial charge in [0.1, 0.15) is 0 Å². The van der Waals surface area contributed by atoms with E-state index >= 15 is 0 Å². The fourth-order valence-electron chi connectivity index (χ4n) is 0.279. The zero-order chi connectivity index (χ0) is 8.85. The average Bonchev–Trinajstić information content (AvgIpc) is 1.86. The predicted molar refractivity (Wildman–Crippen MR) is 33.1 cm³/mol. The van der Waals surface area contributed by atoms with Gasteiger partial charge in [-0.25, -0.2) is 0 Å². The normalized spacial score (nSPS) is 11.9. The first-order valence-electron chi connectivity index (χ1n) is 2.50. The summed E-state index contributed by atoms with van der Waals surface area (Å²) >= 11 is 5.03. The van der Waals surface area contributed by atoms with E-state index in [1.165, 1.54) is 0 Å². The molecule has 0 rings (SSSR count). The average molecular weight is 175 g/mol. The summed E-state index contributed by atoms with van der Waals surface area (Å²) in [6, 6.07) is 0. The van der Waals surface area contributed by atoms with Crippen molar-refractivity contribution in [2.75, 3.05) is 0 Å².